The molecule has 0 spiro atoms. The van der Waals surface area contributed by atoms with Gasteiger partial charge in [-0.1, -0.05) is 36.4 Å². The molecule has 1 unspecified atom stereocenters. The van der Waals surface area contributed by atoms with Crippen LogP contribution in [0.4, 0.5) is 4.79 Å². The maximum atomic E-state index is 11.6. The fourth-order valence-electron chi connectivity index (χ4n) is 1.93. The molecule has 142 valence electrons. The van der Waals surface area contributed by atoms with Crippen molar-refractivity contribution in [1.29, 1.82) is 0 Å². The molecule has 1 amide bonds. The Labute approximate surface area is 153 Å². The van der Waals surface area contributed by atoms with Crippen molar-refractivity contribution in [3.05, 3.63) is 48.0 Å². The minimum absolute atomic E-state index is 0.122. The lowest BCUT2D eigenvalue weighted by molar-refractivity contribution is -0.140. The molecule has 0 saturated carbocycles. The van der Waals surface area contributed by atoms with Crippen molar-refractivity contribution in [2.24, 2.45) is 0 Å². The number of allylic oxidation sites excluding steroid dienone is 1. The van der Waals surface area contributed by atoms with E-state index in [1.54, 1.807) is 20.8 Å². The Balaban J connectivity index is 2.37. The van der Waals surface area contributed by atoms with Crippen LogP contribution in [0.3, 0.4) is 0 Å². The summed E-state index contributed by atoms with van der Waals surface area (Å²) in [6, 6.07) is 8.16. The Morgan fingerprint density at radius 1 is 1.19 bits per heavy atom. The first-order valence-corrected chi connectivity index (χ1v) is 8.27. The van der Waals surface area contributed by atoms with Gasteiger partial charge < -0.3 is 19.9 Å². The second-order valence-corrected chi connectivity index (χ2v) is 6.61. The summed E-state index contributed by atoms with van der Waals surface area (Å²) in [5, 5.41) is 11.5. The van der Waals surface area contributed by atoms with Crippen LogP contribution in [0.5, 0.6) is 0 Å². The lowest BCUT2D eigenvalue weighted by Crippen LogP contribution is -2.43. The first-order valence-electron chi connectivity index (χ1n) is 8.27. The molecule has 0 radical (unpaired) electrons. The topological polar surface area (TPSA) is 102 Å². The van der Waals surface area contributed by atoms with Crippen molar-refractivity contribution in [2.45, 2.75) is 51.9 Å². The van der Waals surface area contributed by atoms with E-state index in [1.165, 1.54) is 12.2 Å². The normalized spacial score (nSPS) is 12.4. The second kappa shape index (κ2) is 10.2. The van der Waals surface area contributed by atoms with Gasteiger partial charge in [0.25, 0.3) is 0 Å². The molecule has 7 nitrogen and oxygen atoms in total. The van der Waals surface area contributed by atoms with Crippen LogP contribution < -0.4 is 5.32 Å². The third-order valence-corrected chi connectivity index (χ3v) is 3.09. The van der Waals surface area contributed by atoms with Crippen molar-refractivity contribution in [3.8, 4) is 0 Å². The summed E-state index contributed by atoms with van der Waals surface area (Å²) in [6.07, 6.45) is 2.37. The van der Waals surface area contributed by atoms with E-state index in [9.17, 15) is 14.4 Å². The van der Waals surface area contributed by atoms with Crippen molar-refractivity contribution in [2.75, 3.05) is 0 Å². The van der Waals surface area contributed by atoms with Crippen LogP contribution in [0, 0.1) is 0 Å². The third kappa shape index (κ3) is 9.46. The quantitative estimate of drug-likeness (QED) is 0.544. The number of carboxylic acids is 1. The van der Waals surface area contributed by atoms with Gasteiger partial charge in [-0.15, -0.1) is 0 Å². The number of amides is 1. The van der Waals surface area contributed by atoms with Gasteiger partial charge in [0.05, 0.1) is 0 Å². The second-order valence-electron chi connectivity index (χ2n) is 6.61. The number of nitrogens with one attached hydrogen (secondary N) is 1. The Morgan fingerprint density at radius 2 is 1.85 bits per heavy atom. The summed E-state index contributed by atoms with van der Waals surface area (Å²) in [5.41, 5.74) is 0.164. The molecular formula is C19H25NO6. The molecule has 1 rings (SSSR count). The lowest BCUT2D eigenvalue weighted by atomic mass is 10.1. The highest BCUT2D eigenvalue weighted by Crippen LogP contribution is 2.08. The molecule has 0 bridgehead atoms. The summed E-state index contributed by atoms with van der Waals surface area (Å²) in [6.45, 7) is 5.23. The highest BCUT2D eigenvalue weighted by atomic mass is 16.6. The monoisotopic (exact) mass is 363 g/mol. The number of alkyl carbamates (subject to hydrolysis) is 1. The zero-order valence-electron chi connectivity index (χ0n) is 15.2. The first kappa shape index (κ1) is 21.2. The standard InChI is InChI=1S/C19H25NO6/c1-19(2,3)26-18(24)20-15(17(22)23)11-7-8-12-16(21)25-13-14-9-5-4-6-10-14/h4-6,8-10,12,15H,7,11,13H2,1-3H3,(H,20,24)(H,22,23). The Bertz CT molecular complexity index is 633. The van der Waals surface area contributed by atoms with Gasteiger partial charge in [0.15, 0.2) is 0 Å². The van der Waals surface area contributed by atoms with Crippen molar-refractivity contribution < 1.29 is 29.0 Å². The Hall–Kier alpha value is -2.83. The van der Waals surface area contributed by atoms with Crippen molar-refractivity contribution >= 4 is 18.0 Å². The zero-order chi connectivity index (χ0) is 19.6. The zero-order valence-corrected chi connectivity index (χ0v) is 15.2. The molecule has 0 aliphatic heterocycles. The molecule has 2 N–H and O–H groups in total. The van der Waals surface area contributed by atoms with Crippen LogP contribution in [-0.4, -0.2) is 34.8 Å². The maximum Gasteiger partial charge on any atom is 0.408 e. The summed E-state index contributed by atoms with van der Waals surface area (Å²) in [5.74, 6) is -1.68. The predicted molar refractivity (Wildman–Crippen MR) is 95.4 cm³/mol. The number of carboxylic acid groups (broad SMARTS) is 1. The van der Waals surface area contributed by atoms with Gasteiger partial charge in [0.2, 0.25) is 0 Å². The SMILES string of the molecule is CC(C)(C)OC(=O)NC(CCC=CC(=O)OCc1ccccc1)C(=O)O. The van der Waals surface area contributed by atoms with Crippen LogP contribution in [0.15, 0.2) is 42.5 Å². The molecule has 7 heteroatoms. The molecule has 0 fully saturated rings. The summed E-state index contributed by atoms with van der Waals surface area (Å²) in [4.78, 5) is 34.5. The number of carbonyl (C=O) groups excluding carboxylic acids is 2. The fraction of sp³-hybridized carbons (Fsp3) is 0.421. The summed E-state index contributed by atoms with van der Waals surface area (Å²) < 4.78 is 10.1. The van der Waals surface area contributed by atoms with Crippen LogP contribution in [0.2, 0.25) is 0 Å². The smallest absolute Gasteiger partial charge is 0.408 e. The average Bonchev–Trinajstić information content (AvgIpc) is 2.54. The number of aliphatic carboxylic acids is 1. The van der Waals surface area contributed by atoms with E-state index in [1.807, 2.05) is 30.3 Å². The van der Waals surface area contributed by atoms with E-state index in [0.717, 1.165) is 5.56 Å². The molecule has 0 aliphatic rings. The van der Waals surface area contributed by atoms with Crippen molar-refractivity contribution in [1.82, 2.24) is 5.32 Å². The van der Waals surface area contributed by atoms with Gasteiger partial charge in [-0.25, -0.2) is 14.4 Å². The average molecular weight is 363 g/mol. The van der Waals surface area contributed by atoms with Crippen molar-refractivity contribution in [3.63, 3.8) is 0 Å². The van der Waals surface area contributed by atoms with Gasteiger partial charge in [0, 0.05) is 6.08 Å². The largest absolute Gasteiger partial charge is 0.480 e. The van der Waals surface area contributed by atoms with Gasteiger partial charge in [-0.3, -0.25) is 0 Å². The molecule has 26 heavy (non-hydrogen) atoms. The van der Waals surface area contributed by atoms with E-state index in [-0.39, 0.29) is 19.4 Å². The van der Waals surface area contributed by atoms with E-state index in [2.05, 4.69) is 5.32 Å². The third-order valence-electron chi connectivity index (χ3n) is 3.09. The van der Waals surface area contributed by atoms with E-state index < -0.39 is 29.7 Å². The first-order chi connectivity index (χ1) is 12.2. The molecule has 1 aromatic carbocycles. The number of ether oxygens (including phenoxy) is 2. The highest BCUT2D eigenvalue weighted by molar-refractivity contribution is 5.82. The Morgan fingerprint density at radius 3 is 2.42 bits per heavy atom. The predicted octanol–water partition coefficient (Wildman–Crippen LogP) is 3.04. The minimum Gasteiger partial charge on any atom is -0.480 e. The number of hydrogen-bond acceptors (Lipinski definition) is 5. The number of benzene rings is 1. The van der Waals surface area contributed by atoms with E-state index in [4.69, 9.17) is 14.6 Å². The molecular weight excluding hydrogens is 338 g/mol. The molecule has 0 aliphatic carbocycles. The minimum atomic E-state index is -1.17. The number of esters is 1. The van der Waals surface area contributed by atoms with Gasteiger partial charge in [0.1, 0.15) is 18.2 Å². The van der Waals surface area contributed by atoms with Crippen LogP contribution in [0.25, 0.3) is 0 Å². The van der Waals surface area contributed by atoms with E-state index in [0.29, 0.717) is 0 Å². The number of hydrogen-bond donors (Lipinski definition) is 2. The number of rotatable bonds is 8. The Kier molecular flexibility index (Phi) is 8.34. The maximum absolute atomic E-state index is 11.6. The fourth-order valence-corrected chi connectivity index (χ4v) is 1.93. The summed E-state index contributed by atoms with van der Waals surface area (Å²) >= 11 is 0. The van der Waals surface area contributed by atoms with E-state index >= 15 is 0 Å². The molecule has 0 aromatic heterocycles. The lowest BCUT2D eigenvalue weighted by Gasteiger charge is -2.21. The van der Waals surface area contributed by atoms with Gasteiger partial charge in [-0.2, -0.15) is 0 Å². The molecule has 1 aromatic rings. The molecule has 0 heterocycles. The molecule has 1 atom stereocenters. The van der Waals surface area contributed by atoms with Crippen LogP contribution in [-0.2, 0) is 25.7 Å². The van der Waals surface area contributed by atoms with Crippen LogP contribution in [0.1, 0.15) is 39.2 Å². The van der Waals surface area contributed by atoms with Gasteiger partial charge >= 0.3 is 18.0 Å². The highest BCUT2D eigenvalue weighted by Gasteiger charge is 2.23. The number of carbonyl (C=O) groups is 3. The summed E-state index contributed by atoms with van der Waals surface area (Å²) in [7, 11) is 0. The van der Waals surface area contributed by atoms with Crippen LogP contribution >= 0.6 is 0 Å². The molecule has 0 saturated heterocycles. The van der Waals surface area contributed by atoms with Gasteiger partial charge in [-0.05, 0) is 39.2 Å².